The quantitative estimate of drug-likeness (QED) is 0.764. The minimum atomic E-state index is -0.168. The smallest absolute Gasteiger partial charge is 0.255 e. The number of nitrogens with one attached hydrogen (secondary N) is 1. The molecule has 1 amide bonds. The lowest BCUT2D eigenvalue weighted by Crippen LogP contribution is -2.35. The molecule has 5 heteroatoms. The van der Waals surface area contributed by atoms with Gasteiger partial charge in [0.15, 0.2) is 0 Å². The number of hydrogen-bond donors (Lipinski definition) is 2. The third kappa shape index (κ3) is 2.74. The molecule has 0 unspecified atom stereocenters. The van der Waals surface area contributed by atoms with Gasteiger partial charge in [-0.2, -0.15) is 0 Å². The number of rotatable bonds is 4. The molecule has 1 aromatic heterocycles. The molecule has 1 aromatic rings. The lowest BCUT2D eigenvalue weighted by molar-refractivity contribution is -0.121. The van der Waals surface area contributed by atoms with Crippen LogP contribution in [-0.4, -0.2) is 16.5 Å². The van der Waals surface area contributed by atoms with Crippen LogP contribution in [0.4, 0.5) is 0 Å². The van der Waals surface area contributed by atoms with E-state index in [0.717, 1.165) is 18.5 Å². The van der Waals surface area contributed by atoms with Gasteiger partial charge in [-0.3, -0.25) is 9.59 Å². The molecule has 3 N–H and O–H groups in total. The fourth-order valence-corrected chi connectivity index (χ4v) is 1.71. The zero-order chi connectivity index (χ0) is 12.4. The summed E-state index contributed by atoms with van der Waals surface area (Å²) in [7, 11) is 0. The van der Waals surface area contributed by atoms with Crippen molar-refractivity contribution in [3.05, 3.63) is 33.7 Å². The van der Waals surface area contributed by atoms with Crippen molar-refractivity contribution in [2.45, 2.75) is 38.9 Å². The lowest BCUT2D eigenvalue weighted by Gasteiger charge is -2.11. The zero-order valence-corrected chi connectivity index (χ0v) is 9.90. The minimum absolute atomic E-state index is 0.0784. The Balaban J connectivity index is 2.18. The van der Waals surface area contributed by atoms with Gasteiger partial charge in [0.1, 0.15) is 6.54 Å². The van der Waals surface area contributed by atoms with Crippen LogP contribution >= 0.6 is 0 Å². The van der Waals surface area contributed by atoms with Crippen molar-refractivity contribution in [3.8, 4) is 0 Å². The Morgan fingerprint density at radius 1 is 1.53 bits per heavy atom. The summed E-state index contributed by atoms with van der Waals surface area (Å²) in [5, 5.41) is 2.86. The monoisotopic (exact) mass is 235 g/mol. The molecule has 2 rings (SSSR count). The number of hydrogen-bond acceptors (Lipinski definition) is 3. The predicted molar refractivity (Wildman–Crippen MR) is 64.5 cm³/mol. The zero-order valence-electron chi connectivity index (χ0n) is 9.90. The fourth-order valence-electron chi connectivity index (χ4n) is 1.71. The van der Waals surface area contributed by atoms with Gasteiger partial charge in [-0.05, 0) is 25.8 Å². The highest BCUT2D eigenvalue weighted by molar-refractivity contribution is 5.76. The van der Waals surface area contributed by atoms with Crippen LogP contribution in [0, 0.1) is 6.92 Å². The first-order chi connectivity index (χ1) is 8.11. The van der Waals surface area contributed by atoms with Crippen molar-refractivity contribution in [2.75, 3.05) is 0 Å². The van der Waals surface area contributed by atoms with Gasteiger partial charge in [-0.15, -0.1) is 0 Å². The highest BCUT2D eigenvalue weighted by Crippen LogP contribution is 2.18. The number of carbonyl (C=O) groups excluding carboxylic acids is 1. The largest absolute Gasteiger partial charge is 0.352 e. The molecule has 92 valence electrons. The molecule has 0 saturated heterocycles. The first-order valence-electron chi connectivity index (χ1n) is 5.80. The number of amides is 1. The second kappa shape index (κ2) is 4.71. The summed E-state index contributed by atoms with van der Waals surface area (Å²) in [5.74, 6) is -0.105. The summed E-state index contributed by atoms with van der Waals surface area (Å²) in [6.07, 6.45) is 2.09. The standard InChI is InChI=1S/C12H17N3O2/c1-8-2-3-9(6-13)12(17)15(8)7-11(16)14-10-4-5-10/h2-3,10H,4-7,13H2,1H3,(H,14,16). The molecule has 0 radical (unpaired) electrons. The molecular formula is C12H17N3O2. The first-order valence-corrected chi connectivity index (χ1v) is 5.80. The van der Waals surface area contributed by atoms with Gasteiger partial charge in [0.25, 0.3) is 5.56 Å². The first kappa shape index (κ1) is 11.9. The molecule has 1 aliphatic rings. The van der Waals surface area contributed by atoms with Crippen molar-refractivity contribution in [3.63, 3.8) is 0 Å². The van der Waals surface area contributed by atoms with Crippen LogP contribution in [0.25, 0.3) is 0 Å². The second-order valence-electron chi connectivity index (χ2n) is 4.44. The van der Waals surface area contributed by atoms with E-state index in [9.17, 15) is 9.59 Å². The molecular weight excluding hydrogens is 218 g/mol. The van der Waals surface area contributed by atoms with Crippen LogP contribution in [0.15, 0.2) is 16.9 Å². The highest BCUT2D eigenvalue weighted by Gasteiger charge is 2.23. The van der Waals surface area contributed by atoms with Crippen LogP contribution in [0.1, 0.15) is 24.1 Å². The molecule has 0 aromatic carbocycles. The van der Waals surface area contributed by atoms with Gasteiger partial charge in [0, 0.05) is 23.8 Å². The number of nitrogens with two attached hydrogens (primary N) is 1. The Morgan fingerprint density at radius 3 is 2.82 bits per heavy atom. The Bertz CT molecular complexity index is 489. The van der Waals surface area contributed by atoms with E-state index in [1.54, 1.807) is 6.07 Å². The van der Waals surface area contributed by atoms with Crippen LogP contribution in [0.2, 0.25) is 0 Å². The number of aromatic nitrogens is 1. The molecule has 0 aliphatic heterocycles. The van der Waals surface area contributed by atoms with Gasteiger partial charge < -0.3 is 15.6 Å². The maximum absolute atomic E-state index is 12.0. The summed E-state index contributed by atoms with van der Waals surface area (Å²) >= 11 is 0. The highest BCUT2D eigenvalue weighted by atomic mass is 16.2. The Morgan fingerprint density at radius 2 is 2.24 bits per heavy atom. The predicted octanol–water partition coefficient (Wildman–Crippen LogP) is -0.106. The Hall–Kier alpha value is -1.62. The molecule has 0 spiro atoms. The van der Waals surface area contributed by atoms with Crippen LogP contribution < -0.4 is 16.6 Å². The molecule has 1 heterocycles. The lowest BCUT2D eigenvalue weighted by atomic mass is 10.2. The summed E-state index contributed by atoms with van der Waals surface area (Å²) < 4.78 is 1.47. The van der Waals surface area contributed by atoms with Crippen molar-refractivity contribution in [1.82, 2.24) is 9.88 Å². The van der Waals surface area contributed by atoms with E-state index in [1.807, 2.05) is 13.0 Å². The average Bonchev–Trinajstić information content (AvgIpc) is 3.08. The van der Waals surface area contributed by atoms with Crippen molar-refractivity contribution >= 4 is 5.91 Å². The van der Waals surface area contributed by atoms with E-state index >= 15 is 0 Å². The Labute approximate surface area is 99.6 Å². The summed E-state index contributed by atoms with van der Waals surface area (Å²) in [4.78, 5) is 23.6. The maximum atomic E-state index is 12.0. The third-order valence-corrected chi connectivity index (χ3v) is 2.94. The van der Waals surface area contributed by atoms with E-state index in [2.05, 4.69) is 5.32 Å². The molecule has 0 bridgehead atoms. The normalized spacial score (nSPS) is 14.7. The molecule has 1 fully saturated rings. The number of pyridine rings is 1. The Kier molecular flexibility index (Phi) is 3.28. The average molecular weight is 235 g/mol. The summed E-state index contributed by atoms with van der Waals surface area (Å²) in [6.45, 7) is 2.09. The fraction of sp³-hybridized carbons (Fsp3) is 0.500. The van der Waals surface area contributed by atoms with Crippen molar-refractivity contribution in [2.24, 2.45) is 5.73 Å². The SMILES string of the molecule is Cc1ccc(CN)c(=O)n1CC(=O)NC1CC1. The van der Waals surface area contributed by atoms with Crippen LogP contribution in [0.5, 0.6) is 0 Å². The van der Waals surface area contributed by atoms with Gasteiger partial charge >= 0.3 is 0 Å². The summed E-state index contributed by atoms with van der Waals surface area (Å²) in [6, 6.07) is 3.84. The van der Waals surface area contributed by atoms with E-state index in [4.69, 9.17) is 5.73 Å². The van der Waals surface area contributed by atoms with Crippen LogP contribution in [-0.2, 0) is 17.9 Å². The number of carbonyl (C=O) groups is 1. The molecule has 1 saturated carbocycles. The van der Waals surface area contributed by atoms with Gasteiger partial charge in [-0.25, -0.2) is 0 Å². The van der Waals surface area contributed by atoms with E-state index in [0.29, 0.717) is 11.6 Å². The van der Waals surface area contributed by atoms with Crippen molar-refractivity contribution < 1.29 is 4.79 Å². The van der Waals surface area contributed by atoms with Gasteiger partial charge in [0.05, 0.1) is 0 Å². The number of nitrogens with zero attached hydrogens (tertiary/aromatic N) is 1. The summed E-state index contributed by atoms with van der Waals surface area (Å²) in [5.41, 5.74) is 6.62. The molecule has 17 heavy (non-hydrogen) atoms. The maximum Gasteiger partial charge on any atom is 0.255 e. The minimum Gasteiger partial charge on any atom is -0.352 e. The van der Waals surface area contributed by atoms with Crippen molar-refractivity contribution in [1.29, 1.82) is 0 Å². The van der Waals surface area contributed by atoms with Crippen LogP contribution in [0.3, 0.4) is 0 Å². The van der Waals surface area contributed by atoms with E-state index < -0.39 is 0 Å². The molecule has 5 nitrogen and oxygen atoms in total. The van der Waals surface area contributed by atoms with E-state index in [-0.39, 0.29) is 24.6 Å². The topological polar surface area (TPSA) is 77.1 Å². The molecule has 0 atom stereocenters. The van der Waals surface area contributed by atoms with E-state index in [1.165, 1.54) is 4.57 Å². The third-order valence-electron chi connectivity index (χ3n) is 2.94. The van der Waals surface area contributed by atoms with Gasteiger partial charge in [0.2, 0.25) is 5.91 Å². The molecule has 1 aliphatic carbocycles. The van der Waals surface area contributed by atoms with Gasteiger partial charge in [-0.1, -0.05) is 6.07 Å². The number of aryl methyl sites for hydroxylation is 1. The second-order valence-corrected chi connectivity index (χ2v) is 4.44.